The summed E-state index contributed by atoms with van der Waals surface area (Å²) in [7, 11) is 0. The van der Waals surface area contributed by atoms with Crippen LogP contribution in [0.15, 0.2) is 18.2 Å². The summed E-state index contributed by atoms with van der Waals surface area (Å²) in [6.45, 7) is 7.02. The second-order valence-electron chi connectivity index (χ2n) is 5.56. The number of rotatable bonds is 6. The van der Waals surface area contributed by atoms with E-state index in [2.05, 4.69) is 42.3 Å². The van der Waals surface area contributed by atoms with Crippen LogP contribution in [0.4, 0.5) is 5.69 Å². The number of hydrogen-bond acceptors (Lipinski definition) is 3. The van der Waals surface area contributed by atoms with Crippen LogP contribution in [0.3, 0.4) is 0 Å². The van der Waals surface area contributed by atoms with Crippen molar-refractivity contribution in [1.29, 1.82) is 0 Å². The molecule has 1 aromatic carbocycles. The van der Waals surface area contributed by atoms with E-state index in [4.69, 9.17) is 5.73 Å². The zero-order valence-corrected chi connectivity index (χ0v) is 12.5. The zero-order valence-electron chi connectivity index (χ0n) is 12.5. The van der Waals surface area contributed by atoms with Gasteiger partial charge in [0.05, 0.1) is 0 Å². The Labute approximate surface area is 121 Å². The number of carbonyl (C=O) groups excluding carboxylic acids is 1. The molecule has 4 heteroatoms. The van der Waals surface area contributed by atoms with E-state index in [9.17, 15) is 4.79 Å². The van der Waals surface area contributed by atoms with Gasteiger partial charge >= 0.3 is 0 Å². The summed E-state index contributed by atoms with van der Waals surface area (Å²) in [5.74, 6) is -0.212. The molecule has 0 bridgehead atoms. The Morgan fingerprint density at radius 3 is 3.00 bits per heavy atom. The van der Waals surface area contributed by atoms with E-state index in [0.29, 0.717) is 0 Å². The molecule has 3 N–H and O–H groups in total. The first-order chi connectivity index (χ1) is 9.63. The molecule has 1 aliphatic rings. The van der Waals surface area contributed by atoms with E-state index in [1.807, 2.05) is 0 Å². The molecule has 2 rings (SSSR count). The van der Waals surface area contributed by atoms with Gasteiger partial charge in [0.2, 0.25) is 5.91 Å². The predicted molar refractivity (Wildman–Crippen MR) is 82.7 cm³/mol. The first kappa shape index (κ1) is 14.9. The summed E-state index contributed by atoms with van der Waals surface area (Å²) in [6.07, 6.45) is 3.02. The van der Waals surface area contributed by atoms with Crippen LogP contribution >= 0.6 is 0 Å². The average Bonchev–Trinajstić information content (AvgIpc) is 2.88. The van der Waals surface area contributed by atoms with Crippen LogP contribution < -0.4 is 16.0 Å². The van der Waals surface area contributed by atoms with Crippen molar-refractivity contribution in [3.8, 4) is 0 Å². The van der Waals surface area contributed by atoms with Gasteiger partial charge in [0, 0.05) is 18.8 Å². The van der Waals surface area contributed by atoms with Gasteiger partial charge in [-0.15, -0.1) is 0 Å². The van der Waals surface area contributed by atoms with Crippen molar-refractivity contribution >= 4 is 11.6 Å². The number of nitrogens with one attached hydrogen (secondary N) is 1. The zero-order chi connectivity index (χ0) is 14.5. The van der Waals surface area contributed by atoms with Crippen LogP contribution in [-0.4, -0.2) is 25.0 Å². The lowest BCUT2D eigenvalue weighted by Crippen LogP contribution is -2.41. The van der Waals surface area contributed by atoms with E-state index in [-0.39, 0.29) is 11.9 Å². The van der Waals surface area contributed by atoms with Crippen molar-refractivity contribution in [1.82, 2.24) is 5.32 Å². The summed E-state index contributed by atoms with van der Waals surface area (Å²) in [6, 6.07) is 6.28. The molecule has 1 aromatic rings. The highest BCUT2D eigenvalue weighted by atomic mass is 16.1. The lowest BCUT2D eigenvalue weighted by Gasteiger charge is -2.27. The molecule has 1 aliphatic heterocycles. The molecule has 1 saturated heterocycles. The van der Waals surface area contributed by atoms with Gasteiger partial charge < -0.3 is 16.0 Å². The normalized spacial score (nSPS) is 18.5. The number of nitrogens with two attached hydrogens (primary N) is 1. The minimum absolute atomic E-state index is 0.150. The Hall–Kier alpha value is -1.55. The Bertz CT molecular complexity index is 473. The van der Waals surface area contributed by atoms with Gasteiger partial charge in [-0.3, -0.25) is 4.79 Å². The molecule has 0 aliphatic carbocycles. The number of anilines is 1. The van der Waals surface area contributed by atoms with Crippen LogP contribution in [0.25, 0.3) is 0 Å². The highest BCUT2D eigenvalue weighted by Gasteiger charge is 2.30. The van der Waals surface area contributed by atoms with Gasteiger partial charge in [-0.05, 0) is 44.4 Å². The quantitative estimate of drug-likeness (QED) is 0.780. The fourth-order valence-electron chi connectivity index (χ4n) is 2.89. The van der Waals surface area contributed by atoms with Crippen molar-refractivity contribution in [3.63, 3.8) is 0 Å². The van der Waals surface area contributed by atoms with E-state index in [1.165, 1.54) is 11.1 Å². The number of primary amides is 1. The summed E-state index contributed by atoms with van der Waals surface area (Å²) >= 11 is 0. The SMILES string of the molecule is CCCNCc1cc(C)ccc1N1CCCC1C(N)=O. The van der Waals surface area contributed by atoms with Gasteiger partial charge in [-0.1, -0.05) is 24.6 Å². The molecule has 1 atom stereocenters. The maximum atomic E-state index is 11.6. The maximum Gasteiger partial charge on any atom is 0.240 e. The Morgan fingerprint density at radius 1 is 1.50 bits per heavy atom. The van der Waals surface area contributed by atoms with Crippen molar-refractivity contribution in [2.45, 2.75) is 45.7 Å². The number of aryl methyl sites for hydroxylation is 1. The van der Waals surface area contributed by atoms with Crippen molar-refractivity contribution in [2.24, 2.45) is 5.73 Å². The molecule has 1 fully saturated rings. The molecule has 1 heterocycles. The summed E-state index contributed by atoms with van der Waals surface area (Å²) in [5.41, 5.74) is 9.19. The van der Waals surface area contributed by atoms with Crippen LogP contribution in [0, 0.1) is 6.92 Å². The largest absolute Gasteiger partial charge is 0.368 e. The number of nitrogens with zero attached hydrogens (tertiary/aromatic N) is 1. The Kier molecular flexibility index (Phi) is 5.01. The number of amides is 1. The molecule has 4 nitrogen and oxygen atoms in total. The Morgan fingerprint density at radius 2 is 2.30 bits per heavy atom. The minimum Gasteiger partial charge on any atom is -0.368 e. The van der Waals surface area contributed by atoms with Gasteiger partial charge in [0.1, 0.15) is 6.04 Å². The van der Waals surface area contributed by atoms with Crippen LogP contribution in [0.1, 0.15) is 37.3 Å². The summed E-state index contributed by atoms with van der Waals surface area (Å²) in [5, 5.41) is 3.44. The van der Waals surface area contributed by atoms with Crippen molar-refractivity contribution in [2.75, 3.05) is 18.0 Å². The summed E-state index contributed by atoms with van der Waals surface area (Å²) in [4.78, 5) is 13.8. The second-order valence-corrected chi connectivity index (χ2v) is 5.56. The highest BCUT2D eigenvalue weighted by Crippen LogP contribution is 2.29. The molecular formula is C16H25N3O. The topological polar surface area (TPSA) is 58.4 Å². The number of hydrogen-bond donors (Lipinski definition) is 2. The molecule has 0 spiro atoms. The van der Waals surface area contributed by atoms with Gasteiger partial charge in [-0.2, -0.15) is 0 Å². The van der Waals surface area contributed by atoms with E-state index in [0.717, 1.165) is 44.6 Å². The predicted octanol–water partition coefficient (Wildman–Crippen LogP) is 1.95. The highest BCUT2D eigenvalue weighted by molar-refractivity contribution is 5.84. The van der Waals surface area contributed by atoms with Crippen LogP contribution in [-0.2, 0) is 11.3 Å². The molecule has 1 amide bonds. The molecule has 0 aromatic heterocycles. The first-order valence-electron chi connectivity index (χ1n) is 7.49. The molecule has 110 valence electrons. The fraction of sp³-hybridized carbons (Fsp3) is 0.562. The fourth-order valence-corrected chi connectivity index (χ4v) is 2.89. The lowest BCUT2D eigenvalue weighted by molar-refractivity contribution is -0.119. The minimum atomic E-state index is -0.212. The third-order valence-corrected chi connectivity index (χ3v) is 3.87. The molecule has 0 saturated carbocycles. The third-order valence-electron chi connectivity index (χ3n) is 3.87. The number of carbonyl (C=O) groups is 1. The van der Waals surface area contributed by atoms with Crippen LogP contribution in [0.2, 0.25) is 0 Å². The number of benzene rings is 1. The van der Waals surface area contributed by atoms with Crippen molar-refractivity contribution in [3.05, 3.63) is 29.3 Å². The van der Waals surface area contributed by atoms with Gasteiger partial charge in [0.25, 0.3) is 0 Å². The lowest BCUT2D eigenvalue weighted by atomic mass is 10.1. The second kappa shape index (κ2) is 6.75. The smallest absolute Gasteiger partial charge is 0.240 e. The van der Waals surface area contributed by atoms with Gasteiger partial charge in [0.15, 0.2) is 0 Å². The first-order valence-corrected chi connectivity index (χ1v) is 7.49. The standard InChI is InChI=1S/C16H25N3O/c1-3-8-18-11-13-10-12(2)6-7-14(13)19-9-4-5-15(19)16(17)20/h6-7,10,15,18H,3-5,8-9,11H2,1-2H3,(H2,17,20). The van der Waals surface area contributed by atoms with Crippen molar-refractivity contribution < 1.29 is 4.79 Å². The molecule has 20 heavy (non-hydrogen) atoms. The molecular weight excluding hydrogens is 250 g/mol. The maximum absolute atomic E-state index is 11.6. The van der Waals surface area contributed by atoms with Crippen LogP contribution in [0.5, 0.6) is 0 Å². The van der Waals surface area contributed by atoms with E-state index >= 15 is 0 Å². The van der Waals surface area contributed by atoms with E-state index < -0.39 is 0 Å². The third kappa shape index (κ3) is 3.31. The average molecular weight is 275 g/mol. The Balaban J connectivity index is 2.23. The summed E-state index contributed by atoms with van der Waals surface area (Å²) < 4.78 is 0. The molecule has 1 unspecified atom stereocenters. The van der Waals surface area contributed by atoms with Gasteiger partial charge in [-0.25, -0.2) is 0 Å². The molecule has 0 radical (unpaired) electrons. The monoisotopic (exact) mass is 275 g/mol. The van der Waals surface area contributed by atoms with E-state index in [1.54, 1.807) is 0 Å².